The van der Waals surface area contributed by atoms with Gasteiger partial charge in [-0.15, -0.1) is 0 Å². The number of carboxylic acid groups (broad SMARTS) is 2. The van der Waals surface area contributed by atoms with Gasteiger partial charge in [0.1, 0.15) is 0 Å². The van der Waals surface area contributed by atoms with E-state index in [-0.39, 0.29) is 0 Å². The van der Waals surface area contributed by atoms with Crippen LogP contribution in [0.25, 0.3) is 10.9 Å². The number of para-hydroxylation sites is 1. The zero-order valence-corrected chi connectivity index (χ0v) is 13.7. The van der Waals surface area contributed by atoms with Gasteiger partial charge in [-0.3, -0.25) is 5.10 Å². The predicted octanol–water partition coefficient (Wildman–Crippen LogP) is 2.27. The molecule has 2 saturated heterocycles. The Labute approximate surface area is 144 Å². The lowest BCUT2D eigenvalue weighted by Gasteiger charge is -2.28. The molecule has 7 nitrogen and oxygen atoms in total. The van der Waals surface area contributed by atoms with Crippen LogP contribution in [-0.4, -0.2) is 44.4 Å². The van der Waals surface area contributed by atoms with Crippen molar-refractivity contribution in [1.29, 1.82) is 0 Å². The van der Waals surface area contributed by atoms with Crippen molar-refractivity contribution in [2.45, 2.75) is 43.7 Å². The second-order valence-electron chi connectivity index (χ2n) is 6.47. The number of aromatic nitrogens is 2. The Morgan fingerprint density at radius 3 is 2.24 bits per heavy atom. The number of piperidine rings is 1. The van der Waals surface area contributed by atoms with Crippen LogP contribution in [-0.2, 0) is 9.59 Å². The van der Waals surface area contributed by atoms with Crippen LogP contribution >= 0.6 is 0 Å². The van der Waals surface area contributed by atoms with Gasteiger partial charge >= 0.3 is 11.9 Å². The number of aliphatic carboxylic acids is 2. The van der Waals surface area contributed by atoms with Gasteiger partial charge < -0.3 is 15.5 Å². The van der Waals surface area contributed by atoms with Gasteiger partial charge in [-0.1, -0.05) is 18.2 Å². The monoisotopic (exact) mass is 343 g/mol. The highest BCUT2D eigenvalue weighted by Crippen LogP contribution is 2.38. The molecule has 4 N–H and O–H groups in total. The molecule has 0 amide bonds. The fourth-order valence-corrected chi connectivity index (χ4v) is 3.73. The van der Waals surface area contributed by atoms with Crippen LogP contribution in [0.5, 0.6) is 0 Å². The summed E-state index contributed by atoms with van der Waals surface area (Å²) in [6.45, 7) is 0. The molecule has 0 saturated carbocycles. The summed E-state index contributed by atoms with van der Waals surface area (Å²) in [5, 5.41) is 28.3. The normalized spacial score (nSPS) is 24.9. The Kier molecular flexibility index (Phi) is 5.14. The van der Waals surface area contributed by atoms with Crippen molar-refractivity contribution in [2.24, 2.45) is 0 Å². The summed E-state index contributed by atoms with van der Waals surface area (Å²) in [7, 11) is 0. The topological polar surface area (TPSA) is 115 Å². The number of hydrogen-bond donors (Lipinski definition) is 4. The van der Waals surface area contributed by atoms with E-state index in [1.807, 2.05) is 0 Å². The lowest BCUT2D eigenvalue weighted by Crippen LogP contribution is -2.37. The van der Waals surface area contributed by atoms with Crippen molar-refractivity contribution in [3.63, 3.8) is 0 Å². The van der Waals surface area contributed by atoms with Gasteiger partial charge in [0.05, 0.1) is 5.52 Å². The zero-order valence-electron chi connectivity index (χ0n) is 13.7. The Bertz CT molecular complexity index is 770. The van der Waals surface area contributed by atoms with E-state index in [9.17, 15) is 9.59 Å². The first-order valence-corrected chi connectivity index (χ1v) is 8.36. The first-order valence-electron chi connectivity index (χ1n) is 8.36. The Morgan fingerprint density at radius 2 is 1.64 bits per heavy atom. The van der Waals surface area contributed by atoms with Crippen LogP contribution in [0, 0.1) is 0 Å². The standard InChI is InChI=1S/C14H17N3.C4H4O4/c1-2-4-13-12(3-1)14(17-16-13)9-7-10-5-6-11(8-9)15-10;5-3(6)1-2-4(7)8/h1-4,9-11,15H,5-8H2,(H,16,17);1-2H,(H,5,6)(H,7,8)/b;2-1+. The van der Waals surface area contributed by atoms with Crippen molar-refractivity contribution in [1.82, 2.24) is 15.5 Å². The quantitative estimate of drug-likeness (QED) is 0.636. The van der Waals surface area contributed by atoms with Crippen LogP contribution in [0.15, 0.2) is 36.4 Å². The predicted molar refractivity (Wildman–Crippen MR) is 92.4 cm³/mol. The van der Waals surface area contributed by atoms with Gasteiger partial charge in [0, 0.05) is 41.2 Å². The lowest BCUT2D eigenvalue weighted by molar-refractivity contribution is -0.134. The van der Waals surface area contributed by atoms with Crippen LogP contribution in [0.3, 0.4) is 0 Å². The summed E-state index contributed by atoms with van der Waals surface area (Å²) >= 11 is 0. The smallest absolute Gasteiger partial charge is 0.328 e. The molecule has 2 fully saturated rings. The van der Waals surface area contributed by atoms with E-state index in [0.717, 1.165) is 17.6 Å². The number of nitrogens with one attached hydrogen (secondary N) is 2. The number of carbonyl (C=O) groups is 2. The molecule has 0 spiro atoms. The minimum atomic E-state index is -1.26. The molecular formula is C18H21N3O4. The second kappa shape index (κ2) is 7.48. The van der Waals surface area contributed by atoms with Gasteiger partial charge in [0.2, 0.25) is 0 Å². The summed E-state index contributed by atoms with van der Waals surface area (Å²) in [5.41, 5.74) is 2.47. The first kappa shape index (κ1) is 17.2. The number of fused-ring (bicyclic) bond motifs is 3. The molecule has 0 aliphatic carbocycles. The van der Waals surface area contributed by atoms with Gasteiger partial charge in [-0.2, -0.15) is 5.10 Å². The molecule has 132 valence electrons. The Morgan fingerprint density at radius 1 is 1.04 bits per heavy atom. The van der Waals surface area contributed by atoms with Gasteiger partial charge in [-0.05, 0) is 31.7 Å². The molecule has 7 heteroatoms. The third-order valence-electron chi connectivity index (χ3n) is 4.74. The minimum absolute atomic E-state index is 0.558. The number of aromatic amines is 1. The number of carboxylic acids is 2. The average Bonchev–Trinajstić information content (AvgIpc) is 3.16. The molecule has 1 aromatic heterocycles. The van der Waals surface area contributed by atoms with E-state index in [0.29, 0.717) is 18.1 Å². The molecule has 0 radical (unpaired) electrons. The average molecular weight is 343 g/mol. The molecule has 2 bridgehead atoms. The van der Waals surface area contributed by atoms with Crippen molar-refractivity contribution in [3.8, 4) is 0 Å². The zero-order chi connectivity index (χ0) is 17.8. The third-order valence-corrected chi connectivity index (χ3v) is 4.74. The van der Waals surface area contributed by atoms with Crippen LogP contribution in [0.2, 0.25) is 0 Å². The van der Waals surface area contributed by atoms with E-state index >= 15 is 0 Å². The van der Waals surface area contributed by atoms with E-state index in [4.69, 9.17) is 10.2 Å². The van der Waals surface area contributed by atoms with Gasteiger partial charge in [0.25, 0.3) is 0 Å². The van der Waals surface area contributed by atoms with Crippen LogP contribution in [0.1, 0.15) is 37.3 Å². The number of benzene rings is 1. The number of hydrogen-bond acceptors (Lipinski definition) is 4. The molecule has 4 rings (SSSR count). The maximum absolute atomic E-state index is 9.55. The van der Waals surface area contributed by atoms with Crippen molar-refractivity contribution >= 4 is 22.8 Å². The Hall–Kier alpha value is -2.67. The molecule has 2 unspecified atom stereocenters. The minimum Gasteiger partial charge on any atom is -0.478 e. The maximum Gasteiger partial charge on any atom is 0.328 e. The fraction of sp³-hybridized carbons (Fsp3) is 0.389. The summed E-state index contributed by atoms with van der Waals surface area (Å²) in [5.74, 6) is -1.85. The molecule has 1 aromatic carbocycles. The van der Waals surface area contributed by atoms with Crippen LogP contribution < -0.4 is 5.32 Å². The van der Waals surface area contributed by atoms with E-state index in [1.54, 1.807) is 0 Å². The first-order chi connectivity index (χ1) is 12.0. The number of H-pyrrole nitrogens is 1. The molecule has 2 atom stereocenters. The molecule has 2 aromatic rings. The van der Waals surface area contributed by atoms with Gasteiger partial charge in [0.15, 0.2) is 0 Å². The third kappa shape index (κ3) is 4.24. The molecule has 2 aliphatic rings. The van der Waals surface area contributed by atoms with Gasteiger partial charge in [-0.25, -0.2) is 9.59 Å². The summed E-state index contributed by atoms with van der Waals surface area (Å²) < 4.78 is 0. The highest BCUT2D eigenvalue weighted by molar-refractivity contribution is 5.89. The fourth-order valence-electron chi connectivity index (χ4n) is 3.73. The van der Waals surface area contributed by atoms with Crippen molar-refractivity contribution in [3.05, 3.63) is 42.1 Å². The van der Waals surface area contributed by atoms with E-state index in [2.05, 4.69) is 39.8 Å². The molecular weight excluding hydrogens is 322 g/mol. The van der Waals surface area contributed by atoms with Crippen molar-refractivity contribution in [2.75, 3.05) is 0 Å². The SMILES string of the molecule is O=C(O)/C=C/C(=O)O.c1ccc2c(C3CC4CCC(C3)N4)[nH]nc2c1. The molecule has 3 heterocycles. The summed E-state index contributed by atoms with van der Waals surface area (Å²) in [6.07, 6.45) is 6.36. The van der Waals surface area contributed by atoms with Crippen LogP contribution in [0.4, 0.5) is 0 Å². The summed E-state index contributed by atoms with van der Waals surface area (Å²) in [4.78, 5) is 19.1. The highest BCUT2D eigenvalue weighted by atomic mass is 16.4. The van der Waals surface area contributed by atoms with E-state index < -0.39 is 11.9 Å². The lowest BCUT2D eigenvalue weighted by atomic mass is 9.88. The molecule has 25 heavy (non-hydrogen) atoms. The number of rotatable bonds is 3. The highest BCUT2D eigenvalue weighted by Gasteiger charge is 2.35. The van der Waals surface area contributed by atoms with Crippen molar-refractivity contribution < 1.29 is 19.8 Å². The second-order valence-corrected chi connectivity index (χ2v) is 6.47. The maximum atomic E-state index is 9.55. The summed E-state index contributed by atoms with van der Waals surface area (Å²) in [6, 6.07) is 9.92. The van der Waals surface area contributed by atoms with E-state index in [1.165, 1.54) is 36.8 Å². The number of nitrogens with zero attached hydrogens (tertiary/aromatic N) is 1. The Balaban J connectivity index is 0.000000197. The molecule has 2 aliphatic heterocycles. The largest absolute Gasteiger partial charge is 0.478 e.